The summed E-state index contributed by atoms with van der Waals surface area (Å²) < 4.78 is 5.69. The first-order valence-electron chi connectivity index (χ1n) is 6.71. The summed E-state index contributed by atoms with van der Waals surface area (Å²) in [5, 5.41) is 3.19. The van der Waals surface area contributed by atoms with E-state index >= 15 is 0 Å². The summed E-state index contributed by atoms with van der Waals surface area (Å²) in [5.41, 5.74) is 5.77. The Morgan fingerprint density at radius 1 is 1.60 bits per heavy atom. The fourth-order valence-electron chi connectivity index (χ4n) is 3.56. The summed E-state index contributed by atoms with van der Waals surface area (Å²) in [6.45, 7) is 4.64. The molecule has 1 saturated carbocycles. The van der Waals surface area contributed by atoms with Crippen molar-refractivity contribution >= 4 is 23.2 Å². The van der Waals surface area contributed by atoms with Crippen LogP contribution < -0.4 is 11.1 Å². The van der Waals surface area contributed by atoms with Crippen LogP contribution in [0.1, 0.15) is 20.3 Å². The maximum absolute atomic E-state index is 12.6. The first kappa shape index (κ1) is 13.8. The van der Waals surface area contributed by atoms with Gasteiger partial charge in [-0.15, -0.1) is 0 Å². The standard InChI is InChI=1S/C14H18ClN3O2/c1-13(2)11-9(4-6-20-11)14(13,16)12(19)18-8-3-5-17-10(15)7-8/h3,5,7,9,11H,4,6,16H2,1-2H3,(H,17,18,19). The number of hydrogen-bond donors (Lipinski definition) is 2. The zero-order valence-electron chi connectivity index (χ0n) is 11.5. The van der Waals surface area contributed by atoms with Gasteiger partial charge in [-0.05, 0) is 18.6 Å². The van der Waals surface area contributed by atoms with E-state index in [1.54, 1.807) is 18.3 Å². The summed E-state index contributed by atoms with van der Waals surface area (Å²) >= 11 is 5.82. The number of nitrogens with one attached hydrogen (secondary N) is 1. The lowest BCUT2D eigenvalue weighted by atomic mass is 9.48. The van der Waals surface area contributed by atoms with Crippen molar-refractivity contribution in [3.63, 3.8) is 0 Å². The van der Waals surface area contributed by atoms with Crippen LogP contribution in [0.25, 0.3) is 0 Å². The van der Waals surface area contributed by atoms with Crippen LogP contribution in [0.4, 0.5) is 5.69 Å². The van der Waals surface area contributed by atoms with E-state index in [4.69, 9.17) is 22.1 Å². The summed E-state index contributed by atoms with van der Waals surface area (Å²) in [6.07, 6.45) is 2.45. The molecule has 108 valence electrons. The third-order valence-corrected chi connectivity index (χ3v) is 5.02. The number of carbonyl (C=O) groups excluding carboxylic acids is 1. The van der Waals surface area contributed by atoms with E-state index in [1.807, 2.05) is 13.8 Å². The summed E-state index contributed by atoms with van der Waals surface area (Å²) in [5.74, 6) is -0.105. The molecule has 0 spiro atoms. The Kier molecular flexibility index (Phi) is 3.04. The molecule has 2 aliphatic rings. The number of carbonyl (C=O) groups is 1. The molecule has 1 aliphatic carbocycles. The van der Waals surface area contributed by atoms with Gasteiger partial charge in [0.2, 0.25) is 5.91 Å². The molecule has 0 bridgehead atoms. The molecule has 2 fully saturated rings. The number of aromatic nitrogens is 1. The largest absolute Gasteiger partial charge is 0.377 e. The van der Waals surface area contributed by atoms with E-state index in [2.05, 4.69) is 10.3 Å². The molecule has 1 aromatic heterocycles. The fraction of sp³-hybridized carbons (Fsp3) is 0.571. The molecule has 1 saturated heterocycles. The Morgan fingerprint density at radius 2 is 2.35 bits per heavy atom. The third-order valence-electron chi connectivity index (χ3n) is 4.81. The van der Waals surface area contributed by atoms with Crippen molar-refractivity contribution in [1.29, 1.82) is 0 Å². The quantitative estimate of drug-likeness (QED) is 0.816. The number of rotatable bonds is 2. The Bertz CT molecular complexity index is 563. The molecule has 1 aromatic rings. The van der Waals surface area contributed by atoms with Crippen molar-refractivity contribution in [3.05, 3.63) is 23.5 Å². The topological polar surface area (TPSA) is 77.2 Å². The minimum absolute atomic E-state index is 0.0688. The van der Waals surface area contributed by atoms with Gasteiger partial charge in [0.25, 0.3) is 0 Å². The summed E-state index contributed by atoms with van der Waals surface area (Å²) in [6, 6.07) is 3.30. The van der Waals surface area contributed by atoms with Crippen LogP contribution >= 0.6 is 11.6 Å². The minimum Gasteiger partial charge on any atom is -0.377 e. The molecular formula is C14H18ClN3O2. The third kappa shape index (κ3) is 1.70. The molecule has 0 radical (unpaired) electrons. The van der Waals surface area contributed by atoms with Gasteiger partial charge in [-0.1, -0.05) is 25.4 Å². The van der Waals surface area contributed by atoms with E-state index in [1.165, 1.54) is 0 Å². The normalized spacial score (nSPS) is 34.2. The van der Waals surface area contributed by atoms with Crippen LogP contribution in [0.5, 0.6) is 0 Å². The molecule has 1 aliphatic heterocycles. The van der Waals surface area contributed by atoms with Crippen molar-refractivity contribution in [2.75, 3.05) is 11.9 Å². The minimum atomic E-state index is -0.913. The predicted molar refractivity (Wildman–Crippen MR) is 76.4 cm³/mol. The number of fused-ring (bicyclic) bond motifs is 1. The number of halogens is 1. The number of nitrogens with zero attached hydrogens (tertiary/aromatic N) is 1. The van der Waals surface area contributed by atoms with Crippen LogP contribution in [0.2, 0.25) is 5.15 Å². The number of ether oxygens (including phenoxy) is 1. The van der Waals surface area contributed by atoms with Crippen molar-refractivity contribution in [2.45, 2.75) is 31.9 Å². The average molecular weight is 296 g/mol. The van der Waals surface area contributed by atoms with Crippen LogP contribution in [0, 0.1) is 11.3 Å². The summed E-state index contributed by atoms with van der Waals surface area (Å²) in [4.78, 5) is 16.5. The van der Waals surface area contributed by atoms with Gasteiger partial charge in [0.1, 0.15) is 10.7 Å². The number of pyridine rings is 1. The van der Waals surface area contributed by atoms with E-state index in [0.29, 0.717) is 17.4 Å². The number of anilines is 1. The van der Waals surface area contributed by atoms with Crippen molar-refractivity contribution in [2.24, 2.45) is 17.1 Å². The van der Waals surface area contributed by atoms with E-state index in [0.717, 1.165) is 6.42 Å². The monoisotopic (exact) mass is 295 g/mol. The molecule has 0 aromatic carbocycles. The molecule has 2 heterocycles. The molecule has 3 N–H and O–H groups in total. The molecule has 3 rings (SSSR count). The highest BCUT2D eigenvalue weighted by Crippen LogP contribution is 2.58. The number of amides is 1. The van der Waals surface area contributed by atoms with Gasteiger partial charge in [-0.2, -0.15) is 0 Å². The molecule has 5 nitrogen and oxygen atoms in total. The van der Waals surface area contributed by atoms with Crippen LogP contribution in [-0.2, 0) is 9.53 Å². The zero-order chi connectivity index (χ0) is 14.5. The molecule has 20 heavy (non-hydrogen) atoms. The van der Waals surface area contributed by atoms with Crippen LogP contribution in [-0.4, -0.2) is 29.1 Å². The van der Waals surface area contributed by atoms with E-state index in [-0.39, 0.29) is 23.3 Å². The SMILES string of the molecule is CC1(C)C2OCCC2C1(N)C(=O)Nc1ccnc(Cl)c1. The second kappa shape index (κ2) is 4.41. The van der Waals surface area contributed by atoms with E-state index < -0.39 is 5.54 Å². The first-order chi connectivity index (χ1) is 9.37. The smallest absolute Gasteiger partial charge is 0.245 e. The van der Waals surface area contributed by atoms with Gasteiger partial charge >= 0.3 is 0 Å². The van der Waals surface area contributed by atoms with Gasteiger partial charge < -0.3 is 15.8 Å². The second-order valence-corrected chi connectivity index (χ2v) is 6.49. The highest BCUT2D eigenvalue weighted by atomic mass is 35.5. The Labute approximate surface area is 122 Å². The fourth-order valence-corrected chi connectivity index (χ4v) is 3.73. The van der Waals surface area contributed by atoms with Gasteiger partial charge in [-0.3, -0.25) is 4.79 Å². The van der Waals surface area contributed by atoms with Crippen LogP contribution in [0.3, 0.4) is 0 Å². The van der Waals surface area contributed by atoms with Crippen molar-refractivity contribution < 1.29 is 9.53 Å². The first-order valence-corrected chi connectivity index (χ1v) is 7.08. The van der Waals surface area contributed by atoms with Gasteiger partial charge in [0.15, 0.2) is 0 Å². The maximum atomic E-state index is 12.6. The highest BCUT2D eigenvalue weighted by molar-refractivity contribution is 6.29. The molecule has 3 unspecified atom stereocenters. The van der Waals surface area contributed by atoms with Crippen molar-refractivity contribution in [3.8, 4) is 0 Å². The maximum Gasteiger partial charge on any atom is 0.245 e. The number of hydrogen-bond acceptors (Lipinski definition) is 4. The number of nitrogens with two attached hydrogens (primary N) is 1. The molecule has 3 atom stereocenters. The van der Waals surface area contributed by atoms with Gasteiger partial charge in [0, 0.05) is 29.8 Å². The second-order valence-electron chi connectivity index (χ2n) is 6.10. The van der Waals surface area contributed by atoms with Gasteiger partial charge in [0.05, 0.1) is 6.10 Å². The highest BCUT2D eigenvalue weighted by Gasteiger charge is 2.71. The van der Waals surface area contributed by atoms with E-state index in [9.17, 15) is 4.79 Å². The Hall–Kier alpha value is -1.17. The molecular weight excluding hydrogens is 278 g/mol. The lowest BCUT2D eigenvalue weighted by molar-refractivity contribution is -0.170. The summed E-state index contributed by atoms with van der Waals surface area (Å²) in [7, 11) is 0. The zero-order valence-corrected chi connectivity index (χ0v) is 12.3. The lowest BCUT2D eigenvalue weighted by Crippen LogP contribution is -2.79. The van der Waals surface area contributed by atoms with Crippen molar-refractivity contribution in [1.82, 2.24) is 4.98 Å². The molecule has 6 heteroatoms. The Balaban J connectivity index is 1.83. The van der Waals surface area contributed by atoms with Crippen LogP contribution in [0.15, 0.2) is 18.3 Å². The Morgan fingerprint density at radius 3 is 3.05 bits per heavy atom. The predicted octanol–water partition coefficient (Wildman–Crippen LogP) is 1.82. The van der Waals surface area contributed by atoms with Gasteiger partial charge in [-0.25, -0.2) is 4.98 Å². The molecule has 1 amide bonds. The average Bonchev–Trinajstić information content (AvgIpc) is 2.85. The lowest BCUT2D eigenvalue weighted by Gasteiger charge is -2.60.